The third-order valence-corrected chi connectivity index (χ3v) is 4.73. The summed E-state index contributed by atoms with van der Waals surface area (Å²) in [5, 5.41) is 10.9. The van der Waals surface area contributed by atoms with Gasteiger partial charge in [0.15, 0.2) is 0 Å². The SMILES string of the molecule is CCCCCCCCCCCCN(N)C(Cc1ccccc1)C(=O)O. The van der Waals surface area contributed by atoms with Crippen molar-refractivity contribution in [3.05, 3.63) is 35.9 Å². The van der Waals surface area contributed by atoms with Crippen molar-refractivity contribution in [3.8, 4) is 0 Å². The average Bonchev–Trinajstić information content (AvgIpc) is 2.61. The van der Waals surface area contributed by atoms with Gasteiger partial charge in [0.25, 0.3) is 0 Å². The molecule has 0 aliphatic rings. The van der Waals surface area contributed by atoms with E-state index < -0.39 is 12.0 Å². The molecule has 1 atom stereocenters. The zero-order valence-corrected chi connectivity index (χ0v) is 15.8. The molecule has 25 heavy (non-hydrogen) atoms. The molecule has 0 spiro atoms. The van der Waals surface area contributed by atoms with Crippen molar-refractivity contribution in [1.29, 1.82) is 0 Å². The number of hydrazine groups is 1. The first-order valence-electron chi connectivity index (χ1n) is 9.93. The molecule has 0 radical (unpaired) electrons. The number of aliphatic carboxylic acids is 1. The summed E-state index contributed by atoms with van der Waals surface area (Å²) in [5.41, 5.74) is 1.01. The number of hydrogen-bond donors (Lipinski definition) is 2. The van der Waals surface area contributed by atoms with Crippen molar-refractivity contribution in [1.82, 2.24) is 5.01 Å². The molecular formula is C21H36N2O2. The fraction of sp³-hybridized carbons (Fsp3) is 0.667. The molecule has 1 aromatic carbocycles. The van der Waals surface area contributed by atoms with E-state index in [1.54, 1.807) is 0 Å². The molecule has 0 aliphatic carbocycles. The monoisotopic (exact) mass is 348 g/mol. The first-order valence-corrected chi connectivity index (χ1v) is 9.93. The second kappa shape index (κ2) is 13.9. The minimum atomic E-state index is -0.849. The molecule has 0 fully saturated rings. The third-order valence-electron chi connectivity index (χ3n) is 4.73. The molecule has 3 N–H and O–H groups in total. The fourth-order valence-electron chi connectivity index (χ4n) is 3.12. The van der Waals surface area contributed by atoms with Crippen molar-refractivity contribution < 1.29 is 9.90 Å². The van der Waals surface area contributed by atoms with Gasteiger partial charge in [-0.1, -0.05) is 95.0 Å². The summed E-state index contributed by atoms with van der Waals surface area (Å²) in [6.45, 7) is 2.88. The molecule has 1 unspecified atom stereocenters. The van der Waals surface area contributed by atoms with Gasteiger partial charge in [-0.2, -0.15) is 0 Å². The van der Waals surface area contributed by atoms with Crippen LogP contribution in [0.3, 0.4) is 0 Å². The lowest BCUT2D eigenvalue weighted by atomic mass is 10.0. The van der Waals surface area contributed by atoms with Crippen molar-refractivity contribution in [2.45, 2.75) is 83.6 Å². The second-order valence-corrected chi connectivity index (χ2v) is 6.96. The van der Waals surface area contributed by atoms with Gasteiger partial charge in [0, 0.05) is 6.54 Å². The molecule has 4 nitrogen and oxygen atoms in total. The van der Waals surface area contributed by atoms with Gasteiger partial charge in [-0.3, -0.25) is 10.6 Å². The molecule has 0 aliphatic heterocycles. The van der Waals surface area contributed by atoms with Crippen LogP contribution in [-0.2, 0) is 11.2 Å². The zero-order valence-electron chi connectivity index (χ0n) is 15.8. The summed E-state index contributed by atoms with van der Waals surface area (Å²) in [6, 6.07) is 9.04. The lowest BCUT2D eigenvalue weighted by Crippen LogP contribution is -2.47. The van der Waals surface area contributed by atoms with Crippen LogP contribution < -0.4 is 5.84 Å². The van der Waals surface area contributed by atoms with Crippen molar-refractivity contribution in [3.63, 3.8) is 0 Å². The summed E-state index contributed by atoms with van der Waals surface area (Å²) in [4.78, 5) is 11.5. The van der Waals surface area contributed by atoms with Crippen molar-refractivity contribution >= 4 is 5.97 Å². The predicted molar refractivity (Wildman–Crippen MR) is 104 cm³/mol. The van der Waals surface area contributed by atoms with E-state index in [0.29, 0.717) is 13.0 Å². The van der Waals surface area contributed by atoms with Gasteiger partial charge in [-0.25, -0.2) is 5.01 Å². The predicted octanol–water partition coefficient (Wildman–Crippen LogP) is 4.78. The highest BCUT2D eigenvalue weighted by atomic mass is 16.4. The first-order chi connectivity index (χ1) is 12.1. The highest BCUT2D eigenvalue weighted by Crippen LogP contribution is 2.12. The number of benzene rings is 1. The Morgan fingerprint density at radius 3 is 2.00 bits per heavy atom. The van der Waals surface area contributed by atoms with Gasteiger partial charge in [0.2, 0.25) is 0 Å². The third kappa shape index (κ3) is 10.3. The summed E-state index contributed by atoms with van der Waals surface area (Å²) < 4.78 is 0. The minimum Gasteiger partial charge on any atom is -0.480 e. The molecule has 0 amide bonds. The molecule has 1 rings (SSSR count). The maximum absolute atomic E-state index is 11.5. The second-order valence-electron chi connectivity index (χ2n) is 6.96. The average molecular weight is 349 g/mol. The molecular weight excluding hydrogens is 312 g/mol. The van der Waals surface area contributed by atoms with E-state index in [9.17, 15) is 9.90 Å². The summed E-state index contributed by atoms with van der Waals surface area (Å²) >= 11 is 0. The fourth-order valence-corrected chi connectivity index (χ4v) is 3.12. The molecule has 0 aromatic heterocycles. The summed E-state index contributed by atoms with van der Waals surface area (Å²) in [7, 11) is 0. The Morgan fingerprint density at radius 1 is 0.960 bits per heavy atom. The number of unbranched alkanes of at least 4 members (excludes halogenated alkanes) is 9. The van der Waals surface area contributed by atoms with Gasteiger partial charge < -0.3 is 5.11 Å². The lowest BCUT2D eigenvalue weighted by molar-refractivity contribution is -0.143. The van der Waals surface area contributed by atoms with Crippen LogP contribution in [0.15, 0.2) is 30.3 Å². The highest BCUT2D eigenvalue weighted by molar-refractivity contribution is 5.73. The van der Waals surface area contributed by atoms with E-state index in [4.69, 9.17) is 5.84 Å². The van der Waals surface area contributed by atoms with Crippen LogP contribution in [0.5, 0.6) is 0 Å². The van der Waals surface area contributed by atoms with E-state index in [-0.39, 0.29) is 0 Å². The maximum Gasteiger partial charge on any atom is 0.322 e. The summed E-state index contributed by atoms with van der Waals surface area (Å²) in [6.07, 6.45) is 13.1. The Balaban J connectivity index is 2.14. The van der Waals surface area contributed by atoms with Gasteiger partial charge in [0.05, 0.1) is 0 Å². The van der Waals surface area contributed by atoms with Crippen LogP contribution >= 0.6 is 0 Å². The van der Waals surface area contributed by atoms with Gasteiger partial charge in [0.1, 0.15) is 6.04 Å². The first kappa shape index (κ1) is 21.7. The van der Waals surface area contributed by atoms with E-state index in [1.807, 2.05) is 30.3 Å². The number of carboxylic acids is 1. The van der Waals surface area contributed by atoms with Crippen molar-refractivity contribution in [2.24, 2.45) is 5.84 Å². The zero-order chi connectivity index (χ0) is 18.3. The Hall–Kier alpha value is -1.39. The number of carboxylic acid groups (broad SMARTS) is 1. The Kier molecular flexibility index (Phi) is 12.0. The normalized spacial score (nSPS) is 12.4. The van der Waals surface area contributed by atoms with Crippen LogP contribution in [0.1, 0.15) is 76.7 Å². The molecule has 0 bridgehead atoms. The van der Waals surface area contributed by atoms with Crippen LogP contribution in [0.2, 0.25) is 0 Å². The van der Waals surface area contributed by atoms with E-state index in [2.05, 4.69) is 6.92 Å². The molecule has 0 saturated carbocycles. The molecule has 1 aromatic rings. The standard InChI is InChI=1S/C21H36N2O2/c1-2-3-4-5-6-7-8-9-10-14-17-23(22)20(21(24)25)18-19-15-12-11-13-16-19/h11-13,15-16,20H,2-10,14,17-18,22H2,1H3,(H,24,25). The van der Waals surface area contributed by atoms with Crippen LogP contribution in [0.25, 0.3) is 0 Å². The number of nitrogens with two attached hydrogens (primary N) is 1. The molecule has 0 saturated heterocycles. The Labute approximate surface area is 153 Å². The van der Waals surface area contributed by atoms with Crippen LogP contribution in [-0.4, -0.2) is 28.7 Å². The summed E-state index contributed by atoms with van der Waals surface area (Å²) in [5.74, 6) is 5.18. The van der Waals surface area contributed by atoms with Gasteiger partial charge in [-0.05, 0) is 18.4 Å². The van der Waals surface area contributed by atoms with Crippen molar-refractivity contribution in [2.75, 3.05) is 6.54 Å². The topological polar surface area (TPSA) is 66.6 Å². The van der Waals surface area contributed by atoms with E-state index >= 15 is 0 Å². The molecule has 0 heterocycles. The lowest BCUT2D eigenvalue weighted by Gasteiger charge is -2.24. The van der Waals surface area contributed by atoms with Crippen LogP contribution in [0, 0.1) is 0 Å². The Bertz CT molecular complexity index is 450. The Morgan fingerprint density at radius 2 is 1.48 bits per heavy atom. The van der Waals surface area contributed by atoms with Gasteiger partial charge in [-0.15, -0.1) is 0 Å². The van der Waals surface area contributed by atoms with E-state index in [0.717, 1.165) is 18.4 Å². The molecule has 142 valence electrons. The highest BCUT2D eigenvalue weighted by Gasteiger charge is 2.23. The van der Waals surface area contributed by atoms with Gasteiger partial charge >= 0.3 is 5.97 Å². The maximum atomic E-state index is 11.5. The number of rotatable bonds is 15. The quantitative estimate of drug-likeness (QED) is 0.272. The number of carbonyl (C=O) groups is 1. The van der Waals surface area contributed by atoms with Crippen LogP contribution in [0.4, 0.5) is 0 Å². The van der Waals surface area contributed by atoms with E-state index in [1.165, 1.54) is 56.4 Å². The number of hydrogen-bond acceptors (Lipinski definition) is 3. The smallest absolute Gasteiger partial charge is 0.322 e. The minimum absolute atomic E-state index is 0.449. The number of nitrogens with zero attached hydrogens (tertiary/aromatic N) is 1. The largest absolute Gasteiger partial charge is 0.480 e. The molecule has 4 heteroatoms.